The van der Waals surface area contributed by atoms with Crippen molar-refractivity contribution in [1.82, 2.24) is 10.2 Å². The van der Waals surface area contributed by atoms with Gasteiger partial charge in [0.2, 0.25) is 5.91 Å². The number of nitrogens with one attached hydrogen (secondary N) is 1. The van der Waals surface area contributed by atoms with Crippen molar-refractivity contribution < 1.29 is 9.59 Å². The molecular weight excluding hydrogens is 346 g/mol. The van der Waals surface area contributed by atoms with Crippen molar-refractivity contribution in [3.8, 4) is 0 Å². The number of thioether (sulfide) groups is 1. The summed E-state index contributed by atoms with van der Waals surface area (Å²) in [7, 11) is 0. The number of carbonyl (C=O) groups excluding carboxylic acids is 2. The minimum Gasteiger partial charge on any atom is -0.369 e. The molecule has 26 heavy (non-hydrogen) atoms. The maximum atomic E-state index is 11.6. The number of amides is 1. The topological polar surface area (TPSA) is 52.7 Å². The molecule has 1 saturated heterocycles. The Kier molecular flexibility index (Phi) is 7.53. The van der Waals surface area contributed by atoms with E-state index in [4.69, 9.17) is 0 Å². The Bertz CT molecular complexity index is 602. The smallest absolute Gasteiger partial charge is 0.230 e. The van der Waals surface area contributed by atoms with Crippen LogP contribution in [0.1, 0.15) is 33.3 Å². The Hall–Kier alpha value is -1.53. The molecule has 0 unspecified atom stereocenters. The zero-order chi connectivity index (χ0) is 19.2. The fourth-order valence-corrected chi connectivity index (χ4v) is 3.51. The lowest BCUT2D eigenvalue weighted by Gasteiger charge is -2.43. The van der Waals surface area contributed by atoms with Crippen molar-refractivity contribution in [2.24, 2.45) is 0 Å². The van der Waals surface area contributed by atoms with Crippen molar-refractivity contribution in [2.45, 2.75) is 39.7 Å². The molecule has 1 aliphatic heterocycles. The third kappa shape index (κ3) is 6.65. The molecule has 2 rings (SSSR count). The average molecular weight is 378 g/mol. The minimum absolute atomic E-state index is 0.0286. The molecule has 0 bridgehead atoms. The summed E-state index contributed by atoms with van der Waals surface area (Å²) in [6.45, 7) is 13.2. The second kappa shape index (κ2) is 9.42. The van der Waals surface area contributed by atoms with Crippen molar-refractivity contribution in [3.05, 3.63) is 29.8 Å². The number of hydrogen-bond donors (Lipinski definition) is 1. The van der Waals surface area contributed by atoms with Gasteiger partial charge in [-0.15, -0.1) is 0 Å². The molecule has 0 radical (unpaired) electrons. The van der Waals surface area contributed by atoms with E-state index in [2.05, 4.69) is 60.2 Å². The summed E-state index contributed by atoms with van der Waals surface area (Å²) in [5.41, 5.74) is 2.72. The van der Waals surface area contributed by atoms with Crippen LogP contribution in [-0.2, 0) is 16.0 Å². The molecule has 144 valence electrons. The van der Waals surface area contributed by atoms with Crippen LogP contribution >= 0.6 is 11.8 Å². The van der Waals surface area contributed by atoms with Gasteiger partial charge < -0.3 is 10.2 Å². The first-order valence-electron chi connectivity index (χ1n) is 9.25. The maximum absolute atomic E-state index is 11.6. The number of hydrogen-bond acceptors (Lipinski definition) is 5. The van der Waals surface area contributed by atoms with Gasteiger partial charge in [0.15, 0.2) is 5.12 Å². The number of carbonyl (C=O) groups is 2. The van der Waals surface area contributed by atoms with Crippen LogP contribution in [-0.4, -0.2) is 59.9 Å². The molecule has 1 aromatic rings. The highest BCUT2D eigenvalue weighted by atomic mass is 32.2. The van der Waals surface area contributed by atoms with Gasteiger partial charge >= 0.3 is 0 Å². The molecule has 6 heteroatoms. The van der Waals surface area contributed by atoms with Crippen LogP contribution in [0.4, 0.5) is 5.69 Å². The molecule has 1 fully saturated rings. The van der Waals surface area contributed by atoms with Gasteiger partial charge in [-0.05, 0) is 44.9 Å². The van der Waals surface area contributed by atoms with Crippen LogP contribution in [0.5, 0.6) is 0 Å². The van der Waals surface area contributed by atoms with Gasteiger partial charge in [-0.2, -0.15) is 0 Å². The van der Waals surface area contributed by atoms with Gasteiger partial charge in [-0.3, -0.25) is 14.5 Å². The molecule has 0 saturated carbocycles. The lowest BCUT2D eigenvalue weighted by Crippen LogP contribution is -2.53. The minimum atomic E-state index is -0.0847. The first-order chi connectivity index (χ1) is 12.3. The average Bonchev–Trinajstić information content (AvgIpc) is 2.60. The Balaban J connectivity index is 1.75. The molecule has 1 aliphatic rings. The fourth-order valence-electron chi connectivity index (χ4n) is 3.07. The summed E-state index contributed by atoms with van der Waals surface area (Å²) in [6.07, 6.45) is 0.800. The standard InChI is InChI=1S/C20H31N3O2S/c1-16(24)26-15-19(25)21-10-9-17-5-7-18(8-6-17)22-11-13-23(14-12-22)20(2,3)4/h5-8H,9-15H2,1-4H3,(H,21,25). The van der Waals surface area contributed by atoms with E-state index in [-0.39, 0.29) is 22.3 Å². The van der Waals surface area contributed by atoms with E-state index in [9.17, 15) is 9.59 Å². The van der Waals surface area contributed by atoms with Crippen molar-refractivity contribution in [3.63, 3.8) is 0 Å². The number of benzene rings is 1. The van der Waals surface area contributed by atoms with Gasteiger partial charge in [0, 0.05) is 50.9 Å². The normalized spacial score (nSPS) is 15.8. The Labute approximate surface area is 161 Å². The van der Waals surface area contributed by atoms with E-state index in [1.54, 1.807) is 0 Å². The molecule has 0 atom stereocenters. The zero-order valence-electron chi connectivity index (χ0n) is 16.4. The summed E-state index contributed by atoms with van der Waals surface area (Å²) < 4.78 is 0. The van der Waals surface area contributed by atoms with Gasteiger partial charge in [0.25, 0.3) is 0 Å². The Morgan fingerprint density at radius 2 is 1.69 bits per heavy atom. The van der Waals surface area contributed by atoms with E-state index >= 15 is 0 Å². The first-order valence-corrected chi connectivity index (χ1v) is 10.2. The van der Waals surface area contributed by atoms with E-state index in [0.29, 0.717) is 6.54 Å². The summed E-state index contributed by atoms with van der Waals surface area (Å²) in [5.74, 6) is 0.119. The van der Waals surface area contributed by atoms with Gasteiger partial charge in [0.05, 0.1) is 5.75 Å². The second-order valence-electron chi connectivity index (χ2n) is 7.69. The predicted octanol–water partition coefficient (Wildman–Crippen LogP) is 2.55. The SMILES string of the molecule is CC(=O)SCC(=O)NCCc1ccc(N2CCN(C(C)(C)C)CC2)cc1. The molecule has 0 aromatic heterocycles. The molecule has 5 nitrogen and oxygen atoms in total. The monoisotopic (exact) mass is 377 g/mol. The van der Waals surface area contributed by atoms with Crippen molar-refractivity contribution in [2.75, 3.05) is 43.4 Å². The van der Waals surface area contributed by atoms with Gasteiger partial charge in [0.1, 0.15) is 0 Å². The van der Waals surface area contributed by atoms with E-state index in [0.717, 1.165) is 44.4 Å². The second-order valence-corrected chi connectivity index (χ2v) is 8.84. The maximum Gasteiger partial charge on any atom is 0.230 e. The lowest BCUT2D eigenvalue weighted by molar-refractivity contribution is -0.118. The predicted molar refractivity (Wildman–Crippen MR) is 110 cm³/mol. The quantitative estimate of drug-likeness (QED) is 0.826. The van der Waals surface area contributed by atoms with Gasteiger partial charge in [-0.1, -0.05) is 23.9 Å². The Morgan fingerprint density at radius 1 is 1.08 bits per heavy atom. The number of anilines is 1. The first kappa shape index (κ1) is 20.8. The van der Waals surface area contributed by atoms with E-state index < -0.39 is 0 Å². The van der Waals surface area contributed by atoms with Crippen LogP contribution in [0, 0.1) is 0 Å². The third-order valence-electron chi connectivity index (χ3n) is 4.67. The van der Waals surface area contributed by atoms with Crippen LogP contribution in [0.2, 0.25) is 0 Å². The van der Waals surface area contributed by atoms with Crippen molar-refractivity contribution in [1.29, 1.82) is 0 Å². The molecule has 0 aliphatic carbocycles. The highest BCUT2D eigenvalue weighted by molar-refractivity contribution is 8.14. The highest BCUT2D eigenvalue weighted by Crippen LogP contribution is 2.21. The van der Waals surface area contributed by atoms with Crippen molar-refractivity contribution >= 4 is 28.5 Å². The van der Waals surface area contributed by atoms with E-state index in [1.165, 1.54) is 18.2 Å². The van der Waals surface area contributed by atoms with Crippen LogP contribution in [0.25, 0.3) is 0 Å². The molecule has 0 spiro atoms. The Morgan fingerprint density at radius 3 is 2.23 bits per heavy atom. The molecule has 1 amide bonds. The summed E-state index contributed by atoms with van der Waals surface area (Å²) >= 11 is 1.04. The van der Waals surface area contributed by atoms with Crippen LogP contribution in [0.15, 0.2) is 24.3 Å². The van der Waals surface area contributed by atoms with E-state index in [1.807, 2.05) is 0 Å². The highest BCUT2D eigenvalue weighted by Gasteiger charge is 2.25. The molecule has 1 heterocycles. The summed E-state index contributed by atoms with van der Waals surface area (Å²) in [4.78, 5) is 27.4. The zero-order valence-corrected chi connectivity index (χ0v) is 17.2. The van der Waals surface area contributed by atoms with Crippen LogP contribution in [0.3, 0.4) is 0 Å². The van der Waals surface area contributed by atoms with Gasteiger partial charge in [-0.25, -0.2) is 0 Å². The fraction of sp³-hybridized carbons (Fsp3) is 0.600. The number of rotatable bonds is 6. The summed E-state index contributed by atoms with van der Waals surface area (Å²) in [5, 5.41) is 2.83. The third-order valence-corrected chi connectivity index (χ3v) is 5.49. The summed E-state index contributed by atoms with van der Waals surface area (Å²) in [6, 6.07) is 8.63. The number of nitrogens with zero attached hydrogens (tertiary/aromatic N) is 2. The molecular formula is C20H31N3O2S. The van der Waals surface area contributed by atoms with Crippen LogP contribution < -0.4 is 10.2 Å². The number of piperazine rings is 1. The molecule has 1 N–H and O–H groups in total. The molecule has 1 aromatic carbocycles. The largest absolute Gasteiger partial charge is 0.369 e. The lowest BCUT2D eigenvalue weighted by atomic mass is 10.0.